The maximum absolute atomic E-state index is 11.8. The summed E-state index contributed by atoms with van der Waals surface area (Å²) in [6.45, 7) is 4.95. The van der Waals surface area contributed by atoms with Crippen LogP contribution >= 0.6 is 0 Å². The Kier molecular flexibility index (Phi) is 4.96. The molecule has 0 aromatic heterocycles. The zero-order valence-corrected chi connectivity index (χ0v) is 10.1. The molecule has 0 aliphatic carbocycles. The number of hydrogen-bond acceptors (Lipinski definition) is 3. The van der Waals surface area contributed by atoms with Gasteiger partial charge >= 0.3 is 0 Å². The second kappa shape index (κ2) is 6.01. The number of aliphatic hydroxyl groups is 1. The largest absolute Gasteiger partial charge is 0.394 e. The maximum atomic E-state index is 11.8. The van der Waals surface area contributed by atoms with Crippen LogP contribution in [0.2, 0.25) is 0 Å². The maximum Gasteiger partial charge on any atom is 0.247 e. The van der Waals surface area contributed by atoms with E-state index < -0.39 is 5.54 Å². The SMILES string of the molecule is CC/C=C(/C)C(=O)NC1(CO)CCOCC1. The van der Waals surface area contributed by atoms with Crippen molar-refractivity contribution in [1.29, 1.82) is 0 Å². The summed E-state index contributed by atoms with van der Waals surface area (Å²) in [5, 5.41) is 12.3. The van der Waals surface area contributed by atoms with Crippen LogP contribution < -0.4 is 5.32 Å². The number of carbonyl (C=O) groups is 1. The van der Waals surface area contributed by atoms with E-state index in [-0.39, 0.29) is 12.5 Å². The fourth-order valence-corrected chi connectivity index (χ4v) is 1.82. The van der Waals surface area contributed by atoms with E-state index in [0.717, 1.165) is 6.42 Å². The molecule has 1 saturated heterocycles. The van der Waals surface area contributed by atoms with Gasteiger partial charge in [0.1, 0.15) is 0 Å². The molecule has 1 rings (SSSR count). The normalized spacial score (nSPS) is 20.6. The molecule has 0 aromatic rings. The Morgan fingerprint density at radius 1 is 1.50 bits per heavy atom. The first-order valence-corrected chi connectivity index (χ1v) is 5.81. The van der Waals surface area contributed by atoms with Gasteiger partial charge in [-0.1, -0.05) is 13.0 Å². The predicted molar refractivity (Wildman–Crippen MR) is 62.1 cm³/mol. The Labute approximate surface area is 96.7 Å². The Morgan fingerprint density at radius 2 is 2.12 bits per heavy atom. The van der Waals surface area contributed by atoms with Crippen molar-refractivity contribution >= 4 is 5.91 Å². The third-order valence-electron chi connectivity index (χ3n) is 3.00. The van der Waals surface area contributed by atoms with E-state index in [1.807, 2.05) is 13.0 Å². The number of ether oxygens (including phenoxy) is 1. The molecule has 1 amide bonds. The van der Waals surface area contributed by atoms with E-state index in [2.05, 4.69) is 5.32 Å². The highest BCUT2D eigenvalue weighted by atomic mass is 16.5. The summed E-state index contributed by atoms with van der Waals surface area (Å²) in [6, 6.07) is 0. The van der Waals surface area contributed by atoms with Gasteiger partial charge in [-0.15, -0.1) is 0 Å². The molecule has 4 heteroatoms. The predicted octanol–water partition coefficient (Wildman–Crippen LogP) is 1.00. The molecule has 1 fully saturated rings. The molecule has 16 heavy (non-hydrogen) atoms. The summed E-state index contributed by atoms with van der Waals surface area (Å²) < 4.78 is 5.24. The van der Waals surface area contributed by atoms with Crippen molar-refractivity contribution in [3.63, 3.8) is 0 Å². The van der Waals surface area contributed by atoms with Crippen LogP contribution in [0.3, 0.4) is 0 Å². The number of rotatable bonds is 4. The number of nitrogens with one attached hydrogen (secondary N) is 1. The zero-order chi connectivity index (χ0) is 12.0. The van der Waals surface area contributed by atoms with E-state index in [0.29, 0.717) is 31.6 Å². The van der Waals surface area contributed by atoms with Gasteiger partial charge in [0.05, 0.1) is 12.1 Å². The molecular weight excluding hydrogens is 206 g/mol. The van der Waals surface area contributed by atoms with Crippen molar-refractivity contribution in [1.82, 2.24) is 5.32 Å². The van der Waals surface area contributed by atoms with Crippen LogP contribution in [0.1, 0.15) is 33.1 Å². The van der Waals surface area contributed by atoms with E-state index in [1.165, 1.54) is 0 Å². The quantitative estimate of drug-likeness (QED) is 0.704. The molecule has 1 heterocycles. The van der Waals surface area contributed by atoms with Crippen LogP contribution in [0.5, 0.6) is 0 Å². The van der Waals surface area contributed by atoms with Crippen LogP contribution in [0.25, 0.3) is 0 Å². The fraction of sp³-hybridized carbons (Fsp3) is 0.750. The minimum atomic E-state index is -0.488. The molecule has 1 aliphatic heterocycles. The van der Waals surface area contributed by atoms with Crippen LogP contribution in [-0.2, 0) is 9.53 Å². The Hall–Kier alpha value is -0.870. The van der Waals surface area contributed by atoms with Crippen LogP contribution in [-0.4, -0.2) is 36.4 Å². The molecule has 0 unspecified atom stereocenters. The molecule has 4 nitrogen and oxygen atoms in total. The number of allylic oxidation sites excluding steroid dienone is 1. The van der Waals surface area contributed by atoms with Gasteiger partial charge in [-0.2, -0.15) is 0 Å². The lowest BCUT2D eigenvalue weighted by Crippen LogP contribution is -2.54. The second-order valence-electron chi connectivity index (χ2n) is 4.30. The molecule has 0 saturated carbocycles. The first kappa shape index (κ1) is 13.2. The lowest BCUT2D eigenvalue weighted by atomic mass is 9.90. The molecule has 1 aliphatic rings. The molecule has 0 spiro atoms. The summed E-state index contributed by atoms with van der Waals surface area (Å²) in [5.74, 6) is -0.0854. The van der Waals surface area contributed by atoms with E-state index in [9.17, 15) is 9.90 Å². The summed E-state index contributed by atoms with van der Waals surface area (Å²) in [7, 11) is 0. The number of amides is 1. The standard InChI is InChI=1S/C12H21NO3/c1-3-4-10(2)11(15)13-12(9-14)5-7-16-8-6-12/h4,14H,3,5-9H2,1-2H3,(H,13,15)/b10-4-. The molecular formula is C12H21NO3. The molecule has 0 bridgehead atoms. The van der Waals surface area contributed by atoms with Gasteiger partial charge in [-0.05, 0) is 26.2 Å². The van der Waals surface area contributed by atoms with Gasteiger partial charge < -0.3 is 15.2 Å². The molecule has 0 radical (unpaired) electrons. The summed E-state index contributed by atoms with van der Waals surface area (Å²) in [5.41, 5.74) is 0.222. The van der Waals surface area contributed by atoms with Crippen LogP contribution in [0.4, 0.5) is 0 Å². The van der Waals surface area contributed by atoms with E-state index >= 15 is 0 Å². The lowest BCUT2D eigenvalue weighted by Gasteiger charge is -2.36. The van der Waals surface area contributed by atoms with Gasteiger partial charge in [0, 0.05) is 18.8 Å². The Bertz CT molecular complexity index is 267. The Balaban J connectivity index is 2.62. The van der Waals surface area contributed by atoms with Gasteiger partial charge in [0.15, 0.2) is 0 Å². The van der Waals surface area contributed by atoms with Gasteiger partial charge in [0.25, 0.3) is 0 Å². The van der Waals surface area contributed by atoms with Crippen molar-refractivity contribution in [3.05, 3.63) is 11.6 Å². The third kappa shape index (κ3) is 3.32. The van der Waals surface area contributed by atoms with Crippen molar-refractivity contribution in [3.8, 4) is 0 Å². The van der Waals surface area contributed by atoms with E-state index in [1.54, 1.807) is 6.92 Å². The van der Waals surface area contributed by atoms with Crippen LogP contribution in [0.15, 0.2) is 11.6 Å². The minimum Gasteiger partial charge on any atom is -0.394 e. The lowest BCUT2D eigenvalue weighted by molar-refractivity contribution is -0.121. The van der Waals surface area contributed by atoms with Gasteiger partial charge in [0.2, 0.25) is 5.91 Å². The number of hydrogen-bond donors (Lipinski definition) is 2. The van der Waals surface area contributed by atoms with Crippen molar-refractivity contribution in [2.75, 3.05) is 19.8 Å². The first-order chi connectivity index (χ1) is 7.63. The van der Waals surface area contributed by atoms with Crippen LogP contribution in [0, 0.1) is 0 Å². The Morgan fingerprint density at radius 3 is 2.62 bits per heavy atom. The first-order valence-electron chi connectivity index (χ1n) is 5.81. The fourth-order valence-electron chi connectivity index (χ4n) is 1.82. The monoisotopic (exact) mass is 227 g/mol. The number of carbonyl (C=O) groups excluding carboxylic acids is 1. The van der Waals surface area contributed by atoms with Gasteiger partial charge in [-0.25, -0.2) is 0 Å². The zero-order valence-electron chi connectivity index (χ0n) is 10.1. The highest BCUT2D eigenvalue weighted by Gasteiger charge is 2.33. The van der Waals surface area contributed by atoms with Gasteiger partial charge in [-0.3, -0.25) is 4.79 Å². The summed E-state index contributed by atoms with van der Waals surface area (Å²) in [4.78, 5) is 11.8. The van der Waals surface area contributed by atoms with Crippen molar-refractivity contribution < 1.29 is 14.6 Å². The minimum absolute atomic E-state index is 0.0263. The third-order valence-corrected chi connectivity index (χ3v) is 3.00. The molecule has 0 aromatic carbocycles. The van der Waals surface area contributed by atoms with E-state index in [4.69, 9.17) is 4.74 Å². The summed E-state index contributed by atoms with van der Waals surface area (Å²) >= 11 is 0. The van der Waals surface area contributed by atoms with Crippen molar-refractivity contribution in [2.45, 2.75) is 38.6 Å². The van der Waals surface area contributed by atoms with Crippen molar-refractivity contribution in [2.24, 2.45) is 0 Å². The molecule has 2 N–H and O–H groups in total. The molecule has 0 atom stereocenters. The summed E-state index contributed by atoms with van der Waals surface area (Å²) in [6.07, 6.45) is 4.08. The highest BCUT2D eigenvalue weighted by Crippen LogP contribution is 2.20. The average molecular weight is 227 g/mol. The number of aliphatic hydroxyl groups excluding tert-OH is 1. The second-order valence-corrected chi connectivity index (χ2v) is 4.30. The molecule has 92 valence electrons. The average Bonchev–Trinajstić information content (AvgIpc) is 2.30. The highest BCUT2D eigenvalue weighted by molar-refractivity contribution is 5.93. The smallest absolute Gasteiger partial charge is 0.247 e. The topological polar surface area (TPSA) is 58.6 Å².